The quantitative estimate of drug-likeness (QED) is 0.0877. The zero-order valence-corrected chi connectivity index (χ0v) is 34.7. The molecule has 2 heterocycles. The van der Waals surface area contributed by atoms with Gasteiger partial charge in [0.1, 0.15) is 12.4 Å². The number of esters is 3. The molecule has 0 N–H and O–H groups in total. The monoisotopic (exact) mass is 966 g/mol. The molecule has 0 spiro atoms. The number of benzene rings is 3. The fraction of sp³-hybridized carbons (Fsp3) is 0.289. The Hall–Kier alpha value is -4.23. The van der Waals surface area contributed by atoms with Crippen LogP contribution in [0.2, 0.25) is 0 Å². The minimum atomic E-state index is -0.885. The molecule has 1 aliphatic heterocycles. The van der Waals surface area contributed by atoms with Crippen LogP contribution in [0.25, 0.3) is 6.08 Å². The molecular weight excluding hydrogens is 930 g/mol. The second-order valence-electron chi connectivity index (χ2n) is 11.3. The first-order chi connectivity index (χ1) is 25.5. The zero-order chi connectivity index (χ0) is 38.2. The number of ether oxygens (including phenoxy) is 6. The lowest BCUT2D eigenvalue weighted by molar-refractivity contribution is -0.143. The average Bonchev–Trinajstić information content (AvgIpc) is 3.43. The highest BCUT2D eigenvalue weighted by Crippen LogP contribution is 2.37. The van der Waals surface area contributed by atoms with E-state index in [1.54, 1.807) is 57.2 Å². The van der Waals surface area contributed by atoms with Gasteiger partial charge in [0.15, 0.2) is 22.9 Å². The third-order valence-electron chi connectivity index (χ3n) is 7.84. The van der Waals surface area contributed by atoms with Crippen molar-refractivity contribution in [3.8, 4) is 17.2 Å². The van der Waals surface area contributed by atoms with Gasteiger partial charge in [0.2, 0.25) is 0 Å². The van der Waals surface area contributed by atoms with Crippen LogP contribution in [0.15, 0.2) is 75.7 Å². The van der Waals surface area contributed by atoms with Crippen molar-refractivity contribution < 1.29 is 42.8 Å². The number of aromatic nitrogens is 1. The van der Waals surface area contributed by atoms with Crippen molar-refractivity contribution in [1.29, 1.82) is 0 Å². The molecule has 12 nitrogen and oxygen atoms in total. The third-order valence-corrected chi connectivity index (χ3v) is 10.4. The average molecular weight is 967 g/mol. The molecule has 53 heavy (non-hydrogen) atoms. The van der Waals surface area contributed by atoms with Crippen LogP contribution in [0.1, 0.15) is 60.8 Å². The Labute approximate surface area is 336 Å². The fourth-order valence-electron chi connectivity index (χ4n) is 5.44. The van der Waals surface area contributed by atoms with Crippen molar-refractivity contribution in [2.45, 2.75) is 40.3 Å². The van der Waals surface area contributed by atoms with E-state index in [1.165, 1.54) is 23.0 Å². The molecule has 0 aliphatic carbocycles. The SMILES string of the molecule is CCOC(=O)C1=C(C)N=c2s/c(=C/c3cc(I)c(OCc4ccc(C(=O)OCC)cc4)c(I)c3)c(=O)n2[C@H]1c1ccc(OCC(=O)OC)c(OCC)c1. The van der Waals surface area contributed by atoms with E-state index < -0.39 is 18.0 Å². The smallest absolute Gasteiger partial charge is 0.343 e. The number of carbonyl (C=O) groups is 3. The molecule has 0 saturated carbocycles. The standard InChI is InChI=1S/C38H36I2N2O10S/c1-6-48-29-18-25(13-14-28(29)51-20-31(43)47-5)33-32(37(46)50-8-3)21(4)41-38-42(33)35(44)30(53-38)17-23-15-26(39)34(27(40)16-23)52-19-22-9-11-24(12-10-22)36(45)49-7-2/h9-18,33H,6-8,19-20H2,1-5H3/b30-17+/t33-/m0/s1. The van der Waals surface area contributed by atoms with Crippen LogP contribution in [0.3, 0.4) is 0 Å². The Morgan fingerprint density at radius 1 is 0.868 bits per heavy atom. The van der Waals surface area contributed by atoms with Gasteiger partial charge in [0.05, 0.1) is 61.5 Å². The number of fused-ring (bicyclic) bond motifs is 1. The van der Waals surface area contributed by atoms with E-state index in [2.05, 4.69) is 50.2 Å². The topological polar surface area (TPSA) is 141 Å². The predicted octanol–water partition coefficient (Wildman–Crippen LogP) is 5.71. The molecule has 3 aromatic carbocycles. The van der Waals surface area contributed by atoms with Crippen molar-refractivity contribution in [1.82, 2.24) is 4.57 Å². The van der Waals surface area contributed by atoms with Crippen LogP contribution in [0, 0.1) is 7.14 Å². The first-order valence-electron chi connectivity index (χ1n) is 16.5. The lowest BCUT2D eigenvalue weighted by Gasteiger charge is -2.25. The highest BCUT2D eigenvalue weighted by atomic mass is 127. The molecule has 278 valence electrons. The number of hydrogen-bond donors (Lipinski definition) is 0. The maximum Gasteiger partial charge on any atom is 0.343 e. The van der Waals surface area contributed by atoms with E-state index in [0.29, 0.717) is 63.2 Å². The minimum Gasteiger partial charge on any atom is -0.490 e. The van der Waals surface area contributed by atoms with Gasteiger partial charge in [-0.1, -0.05) is 29.5 Å². The van der Waals surface area contributed by atoms with Crippen molar-refractivity contribution in [3.05, 3.63) is 115 Å². The Bertz CT molecular complexity index is 2220. The van der Waals surface area contributed by atoms with Crippen molar-refractivity contribution >= 4 is 80.5 Å². The predicted molar refractivity (Wildman–Crippen MR) is 214 cm³/mol. The molecule has 1 aliphatic rings. The summed E-state index contributed by atoms with van der Waals surface area (Å²) in [5.74, 6) is -0.197. The summed E-state index contributed by atoms with van der Waals surface area (Å²) in [6.07, 6.45) is 1.79. The normalized spacial score (nSPS) is 13.9. The molecule has 0 bridgehead atoms. The number of thiazole rings is 1. The van der Waals surface area contributed by atoms with Gasteiger partial charge in [-0.2, -0.15) is 0 Å². The Balaban J connectivity index is 1.50. The maximum absolute atomic E-state index is 14.3. The Morgan fingerprint density at radius 2 is 1.55 bits per heavy atom. The van der Waals surface area contributed by atoms with E-state index in [0.717, 1.165) is 18.3 Å². The summed E-state index contributed by atoms with van der Waals surface area (Å²) < 4.78 is 36.5. The molecule has 0 radical (unpaired) electrons. The van der Waals surface area contributed by atoms with Gasteiger partial charge in [-0.25, -0.2) is 19.4 Å². The largest absolute Gasteiger partial charge is 0.490 e. The van der Waals surface area contributed by atoms with Crippen LogP contribution < -0.4 is 29.1 Å². The molecule has 0 unspecified atom stereocenters. The van der Waals surface area contributed by atoms with Gasteiger partial charge < -0.3 is 28.4 Å². The van der Waals surface area contributed by atoms with Crippen LogP contribution in [-0.2, 0) is 30.4 Å². The number of rotatable bonds is 14. The lowest BCUT2D eigenvalue weighted by Crippen LogP contribution is -2.40. The Morgan fingerprint density at radius 3 is 2.19 bits per heavy atom. The number of hydrogen-bond acceptors (Lipinski definition) is 12. The zero-order valence-electron chi connectivity index (χ0n) is 29.5. The van der Waals surface area contributed by atoms with E-state index in [-0.39, 0.29) is 30.3 Å². The molecule has 5 rings (SSSR count). The summed E-state index contributed by atoms with van der Waals surface area (Å²) in [7, 11) is 1.27. The first-order valence-corrected chi connectivity index (χ1v) is 19.5. The molecular formula is C38H36I2N2O10S. The van der Waals surface area contributed by atoms with Crippen LogP contribution in [-0.4, -0.2) is 56.0 Å². The molecule has 1 atom stereocenters. The number of allylic oxidation sites excluding steroid dienone is 1. The van der Waals surface area contributed by atoms with Gasteiger partial charge in [0.25, 0.3) is 5.56 Å². The molecule has 15 heteroatoms. The van der Waals surface area contributed by atoms with Gasteiger partial charge in [-0.05, 0) is 132 Å². The van der Waals surface area contributed by atoms with Gasteiger partial charge in [-0.15, -0.1) is 0 Å². The molecule has 4 aromatic rings. The van der Waals surface area contributed by atoms with Gasteiger partial charge in [0, 0.05) is 0 Å². The summed E-state index contributed by atoms with van der Waals surface area (Å²) in [6, 6.07) is 15.1. The minimum absolute atomic E-state index is 0.135. The van der Waals surface area contributed by atoms with Crippen LogP contribution >= 0.6 is 56.5 Å². The van der Waals surface area contributed by atoms with E-state index >= 15 is 0 Å². The molecule has 0 fully saturated rings. The van der Waals surface area contributed by atoms with Gasteiger partial charge >= 0.3 is 17.9 Å². The third kappa shape index (κ3) is 9.29. The number of methoxy groups -OCH3 is 1. The summed E-state index contributed by atoms with van der Waals surface area (Å²) in [6.45, 7) is 7.70. The van der Waals surface area contributed by atoms with E-state index in [4.69, 9.17) is 28.4 Å². The maximum atomic E-state index is 14.3. The first kappa shape index (κ1) is 40.0. The molecule has 1 aromatic heterocycles. The van der Waals surface area contributed by atoms with E-state index in [1.807, 2.05) is 31.2 Å². The van der Waals surface area contributed by atoms with Crippen LogP contribution in [0.4, 0.5) is 0 Å². The summed E-state index contributed by atoms with van der Waals surface area (Å²) in [4.78, 5) is 56.5. The van der Waals surface area contributed by atoms with E-state index in [9.17, 15) is 19.2 Å². The van der Waals surface area contributed by atoms with Crippen LogP contribution in [0.5, 0.6) is 17.2 Å². The second-order valence-corrected chi connectivity index (χ2v) is 14.7. The Kier molecular flexibility index (Phi) is 13.7. The second kappa shape index (κ2) is 18.2. The number of carbonyl (C=O) groups excluding carboxylic acids is 3. The summed E-state index contributed by atoms with van der Waals surface area (Å²) in [5, 5.41) is 0. The molecule has 0 saturated heterocycles. The van der Waals surface area contributed by atoms with Crippen molar-refractivity contribution in [2.24, 2.45) is 4.99 Å². The highest BCUT2D eigenvalue weighted by Gasteiger charge is 2.34. The number of nitrogens with zero attached hydrogens (tertiary/aromatic N) is 2. The lowest BCUT2D eigenvalue weighted by atomic mass is 9.95. The fourth-order valence-corrected chi connectivity index (χ4v) is 8.62. The number of halogens is 2. The highest BCUT2D eigenvalue weighted by molar-refractivity contribution is 14.1. The summed E-state index contributed by atoms with van der Waals surface area (Å²) in [5.41, 5.74) is 3.00. The van der Waals surface area contributed by atoms with Crippen molar-refractivity contribution in [2.75, 3.05) is 33.5 Å². The molecule has 0 amide bonds. The van der Waals surface area contributed by atoms with Crippen molar-refractivity contribution in [3.63, 3.8) is 0 Å². The van der Waals surface area contributed by atoms with Gasteiger partial charge in [-0.3, -0.25) is 9.36 Å². The summed E-state index contributed by atoms with van der Waals surface area (Å²) >= 11 is 5.62.